The predicted octanol–water partition coefficient (Wildman–Crippen LogP) is 4.51. The summed E-state index contributed by atoms with van der Waals surface area (Å²) >= 11 is 6.96. The van der Waals surface area contributed by atoms with E-state index in [2.05, 4.69) is 42.2 Å². The molecule has 6 heteroatoms. The monoisotopic (exact) mass is 421 g/mol. The van der Waals surface area contributed by atoms with Crippen molar-refractivity contribution < 1.29 is 4.79 Å². The van der Waals surface area contributed by atoms with Crippen molar-refractivity contribution in [1.82, 2.24) is 9.55 Å². The summed E-state index contributed by atoms with van der Waals surface area (Å²) in [5, 5.41) is 2.93. The fraction of sp³-hybridized carbons (Fsp3) is 0.125. The Morgan fingerprint density at radius 3 is 2.64 bits per heavy atom. The van der Waals surface area contributed by atoms with Crippen molar-refractivity contribution in [2.75, 3.05) is 5.32 Å². The molecule has 22 heavy (non-hydrogen) atoms. The number of rotatable bonds is 3. The third-order valence-corrected chi connectivity index (χ3v) is 4.54. The van der Waals surface area contributed by atoms with Gasteiger partial charge in [-0.2, -0.15) is 0 Å². The van der Waals surface area contributed by atoms with Crippen molar-refractivity contribution in [2.24, 2.45) is 0 Å². The molecule has 2 aromatic carbocycles. The zero-order chi connectivity index (χ0) is 15.7. The average molecular weight is 423 g/mol. The van der Waals surface area contributed by atoms with Crippen LogP contribution in [0.1, 0.15) is 5.56 Å². The van der Waals surface area contributed by atoms with E-state index in [1.807, 2.05) is 47.9 Å². The second-order valence-corrected chi connectivity index (χ2v) is 6.72. The second kappa shape index (κ2) is 6.22. The van der Waals surface area contributed by atoms with Gasteiger partial charge >= 0.3 is 0 Å². The Labute approximate surface area is 144 Å². The average Bonchev–Trinajstić information content (AvgIpc) is 2.86. The van der Waals surface area contributed by atoms with E-state index in [0.717, 1.165) is 31.2 Å². The number of hydrogen-bond donors (Lipinski definition) is 1. The van der Waals surface area contributed by atoms with Crippen LogP contribution in [0.4, 0.5) is 5.69 Å². The Morgan fingerprint density at radius 2 is 1.91 bits per heavy atom. The van der Waals surface area contributed by atoms with Gasteiger partial charge in [0.15, 0.2) is 0 Å². The van der Waals surface area contributed by atoms with Crippen LogP contribution in [-0.4, -0.2) is 15.5 Å². The molecular formula is C16H13Br2N3O. The summed E-state index contributed by atoms with van der Waals surface area (Å²) < 4.78 is 3.53. The van der Waals surface area contributed by atoms with E-state index in [-0.39, 0.29) is 12.5 Å². The lowest BCUT2D eigenvalue weighted by Crippen LogP contribution is -2.18. The maximum Gasteiger partial charge on any atom is 0.244 e. The molecule has 0 aliphatic heterocycles. The Kier molecular flexibility index (Phi) is 4.31. The molecule has 1 N–H and O–H groups in total. The number of fused-ring (bicyclic) bond motifs is 1. The third-order valence-electron chi connectivity index (χ3n) is 3.29. The maximum atomic E-state index is 12.3. The van der Waals surface area contributed by atoms with E-state index in [4.69, 9.17) is 0 Å². The molecule has 1 heterocycles. The number of imidazole rings is 1. The number of carbonyl (C=O) groups excluding carboxylic acids is 1. The molecule has 3 aromatic rings. The highest BCUT2D eigenvalue weighted by Gasteiger charge is 2.12. The molecule has 0 unspecified atom stereocenters. The summed E-state index contributed by atoms with van der Waals surface area (Å²) in [5.74, 6) is -0.103. The summed E-state index contributed by atoms with van der Waals surface area (Å²) in [7, 11) is 0. The zero-order valence-electron chi connectivity index (χ0n) is 11.8. The first-order chi connectivity index (χ1) is 10.5. The molecule has 3 rings (SSSR count). The SMILES string of the molecule is Cc1cc(Br)c(NC(=O)Cn2cnc3ccccc32)c(Br)c1. The second-order valence-electron chi connectivity index (χ2n) is 5.01. The van der Waals surface area contributed by atoms with Crippen molar-refractivity contribution in [1.29, 1.82) is 0 Å². The van der Waals surface area contributed by atoms with Crippen molar-refractivity contribution in [3.05, 3.63) is 57.2 Å². The molecule has 112 valence electrons. The Balaban J connectivity index is 1.81. The van der Waals surface area contributed by atoms with Crippen LogP contribution in [0.25, 0.3) is 11.0 Å². The lowest BCUT2D eigenvalue weighted by molar-refractivity contribution is -0.116. The van der Waals surface area contributed by atoms with Crippen molar-refractivity contribution in [3.63, 3.8) is 0 Å². The van der Waals surface area contributed by atoms with Gasteiger partial charge in [0.25, 0.3) is 0 Å². The van der Waals surface area contributed by atoms with E-state index >= 15 is 0 Å². The van der Waals surface area contributed by atoms with Crippen LogP contribution in [0.2, 0.25) is 0 Å². The maximum absolute atomic E-state index is 12.3. The standard InChI is InChI=1S/C16H13Br2N3O/c1-10-6-11(17)16(12(18)7-10)20-15(22)8-21-9-19-13-4-2-3-5-14(13)21/h2-7,9H,8H2,1H3,(H,20,22). The zero-order valence-corrected chi connectivity index (χ0v) is 15.0. The van der Waals surface area contributed by atoms with Gasteiger partial charge in [-0.3, -0.25) is 4.79 Å². The van der Waals surface area contributed by atoms with Gasteiger partial charge in [-0.15, -0.1) is 0 Å². The molecule has 0 spiro atoms. The summed E-state index contributed by atoms with van der Waals surface area (Å²) in [6.45, 7) is 2.21. The number of para-hydroxylation sites is 2. The molecule has 4 nitrogen and oxygen atoms in total. The van der Waals surface area contributed by atoms with E-state index in [9.17, 15) is 4.79 Å². The van der Waals surface area contributed by atoms with Crippen LogP contribution in [0.15, 0.2) is 51.7 Å². The lowest BCUT2D eigenvalue weighted by Gasteiger charge is -2.11. The first-order valence-corrected chi connectivity index (χ1v) is 8.28. The largest absolute Gasteiger partial charge is 0.323 e. The molecule has 0 aliphatic rings. The molecular weight excluding hydrogens is 410 g/mol. The number of hydrogen-bond acceptors (Lipinski definition) is 2. The highest BCUT2D eigenvalue weighted by atomic mass is 79.9. The van der Waals surface area contributed by atoms with Crippen molar-refractivity contribution in [3.8, 4) is 0 Å². The van der Waals surface area contributed by atoms with Gasteiger partial charge in [0.2, 0.25) is 5.91 Å². The molecule has 0 radical (unpaired) electrons. The molecule has 0 saturated heterocycles. The van der Waals surface area contributed by atoms with Crippen LogP contribution >= 0.6 is 31.9 Å². The highest BCUT2D eigenvalue weighted by molar-refractivity contribution is 9.11. The minimum absolute atomic E-state index is 0.103. The van der Waals surface area contributed by atoms with Gasteiger partial charge in [-0.1, -0.05) is 12.1 Å². The van der Waals surface area contributed by atoms with Crippen LogP contribution < -0.4 is 5.32 Å². The molecule has 0 saturated carbocycles. The Hall–Kier alpha value is -1.66. The van der Waals surface area contributed by atoms with Crippen molar-refractivity contribution in [2.45, 2.75) is 13.5 Å². The molecule has 0 bridgehead atoms. The number of benzene rings is 2. The minimum Gasteiger partial charge on any atom is -0.323 e. The summed E-state index contributed by atoms with van der Waals surface area (Å²) in [4.78, 5) is 16.6. The van der Waals surface area contributed by atoms with Crippen molar-refractivity contribution >= 4 is 54.5 Å². The van der Waals surface area contributed by atoms with Crippen LogP contribution in [-0.2, 0) is 11.3 Å². The van der Waals surface area contributed by atoms with Gasteiger partial charge in [0, 0.05) is 8.95 Å². The summed E-state index contributed by atoms with van der Waals surface area (Å²) in [5.41, 5.74) is 3.67. The topological polar surface area (TPSA) is 46.9 Å². The fourth-order valence-electron chi connectivity index (χ4n) is 2.29. The first kappa shape index (κ1) is 15.2. The van der Waals surface area contributed by atoms with Crippen LogP contribution in [0.5, 0.6) is 0 Å². The van der Waals surface area contributed by atoms with Gasteiger partial charge in [-0.05, 0) is 68.6 Å². The van der Waals surface area contributed by atoms with E-state index in [1.54, 1.807) is 6.33 Å². The third kappa shape index (κ3) is 3.08. The first-order valence-electron chi connectivity index (χ1n) is 6.70. The fourth-order valence-corrected chi connectivity index (χ4v) is 3.90. The predicted molar refractivity (Wildman–Crippen MR) is 94.9 cm³/mol. The van der Waals surface area contributed by atoms with Gasteiger partial charge in [0.05, 0.1) is 23.0 Å². The molecule has 1 amide bonds. The Morgan fingerprint density at radius 1 is 1.23 bits per heavy atom. The number of nitrogens with one attached hydrogen (secondary N) is 1. The van der Waals surface area contributed by atoms with Crippen LogP contribution in [0.3, 0.4) is 0 Å². The number of amides is 1. The number of carbonyl (C=O) groups is 1. The van der Waals surface area contributed by atoms with Gasteiger partial charge in [0.1, 0.15) is 6.54 Å². The summed E-state index contributed by atoms with van der Waals surface area (Å²) in [6.07, 6.45) is 1.68. The molecule has 0 aliphatic carbocycles. The van der Waals surface area contributed by atoms with Crippen LogP contribution in [0, 0.1) is 6.92 Å². The molecule has 0 fully saturated rings. The molecule has 0 atom stereocenters. The van der Waals surface area contributed by atoms with E-state index < -0.39 is 0 Å². The Bertz CT molecular complexity index is 834. The number of halogens is 2. The quantitative estimate of drug-likeness (QED) is 0.674. The van der Waals surface area contributed by atoms with E-state index in [1.165, 1.54) is 0 Å². The smallest absolute Gasteiger partial charge is 0.244 e. The molecule has 1 aromatic heterocycles. The normalized spacial score (nSPS) is 10.9. The lowest BCUT2D eigenvalue weighted by atomic mass is 10.2. The minimum atomic E-state index is -0.103. The number of anilines is 1. The highest BCUT2D eigenvalue weighted by Crippen LogP contribution is 2.32. The number of aromatic nitrogens is 2. The van der Waals surface area contributed by atoms with Gasteiger partial charge < -0.3 is 9.88 Å². The van der Waals surface area contributed by atoms with Gasteiger partial charge in [-0.25, -0.2) is 4.98 Å². The number of aryl methyl sites for hydroxylation is 1. The summed E-state index contributed by atoms with van der Waals surface area (Å²) in [6, 6.07) is 11.7. The van der Waals surface area contributed by atoms with E-state index in [0.29, 0.717) is 0 Å². The number of nitrogens with zero attached hydrogens (tertiary/aromatic N) is 2.